The van der Waals surface area contributed by atoms with E-state index in [0.717, 1.165) is 29.7 Å². The van der Waals surface area contributed by atoms with Gasteiger partial charge < -0.3 is 5.73 Å². The molecule has 1 aromatic carbocycles. The number of hydrogen-bond donors (Lipinski definition) is 1. The molecule has 1 heterocycles. The average molecular weight is 261 g/mol. The van der Waals surface area contributed by atoms with Crippen LogP contribution in [0.2, 0.25) is 0 Å². The fourth-order valence-corrected chi connectivity index (χ4v) is 2.21. The molecule has 0 fully saturated rings. The Bertz CT molecular complexity index is 561. The highest BCUT2D eigenvalue weighted by Crippen LogP contribution is 2.13. The second-order valence-electron chi connectivity index (χ2n) is 4.66. The van der Waals surface area contributed by atoms with Crippen molar-refractivity contribution in [2.24, 2.45) is 5.73 Å². The fraction of sp³-hybridized carbons (Fsp3) is 0.400. The van der Waals surface area contributed by atoms with Crippen LogP contribution in [0, 0.1) is 5.82 Å². The number of aryl methyl sites for hydroxylation is 2. The van der Waals surface area contributed by atoms with Crippen molar-refractivity contribution >= 4 is 0 Å². The van der Waals surface area contributed by atoms with Gasteiger partial charge in [0.25, 0.3) is 0 Å². The van der Waals surface area contributed by atoms with Crippen LogP contribution in [-0.2, 0) is 25.9 Å². The zero-order chi connectivity index (χ0) is 13.8. The molecule has 0 radical (unpaired) electrons. The second kappa shape index (κ2) is 5.97. The van der Waals surface area contributed by atoms with Crippen LogP contribution in [0.3, 0.4) is 0 Å². The van der Waals surface area contributed by atoms with Crippen LogP contribution in [0.25, 0.3) is 0 Å². The summed E-state index contributed by atoms with van der Waals surface area (Å²) in [6.07, 6.45) is 1.84. The van der Waals surface area contributed by atoms with Crippen molar-refractivity contribution < 1.29 is 4.39 Å². The normalized spacial score (nSPS) is 10.9. The van der Waals surface area contributed by atoms with E-state index in [-0.39, 0.29) is 5.82 Å². The monoisotopic (exact) mass is 261 g/mol. The minimum atomic E-state index is -0.237. The Morgan fingerprint density at radius 1 is 1.11 bits per heavy atom. The maximum absolute atomic E-state index is 13.5. The number of rotatable bonds is 5. The highest BCUT2D eigenvalue weighted by Gasteiger charge is 2.07. The zero-order valence-corrected chi connectivity index (χ0v) is 11.5. The predicted octanol–water partition coefficient (Wildman–Crippen LogP) is 2.65. The molecular weight excluding hydrogens is 241 g/mol. The molecule has 19 heavy (non-hydrogen) atoms. The third kappa shape index (κ3) is 3.20. The molecule has 0 bridgehead atoms. The quantitative estimate of drug-likeness (QED) is 0.899. The van der Waals surface area contributed by atoms with Crippen molar-refractivity contribution in [2.45, 2.75) is 39.8 Å². The molecule has 0 saturated heterocycles. The van der Waals surface area contributed by atoms with E-state index < -0.39 is 0 Å². The van der Waals surface area contributed by atoms with E-state index >= 15 is 0 Å². The molecule has 1 aromatic heterocycles. The lowest BCUT2D eigenvalue weighted by Crippen LogP contribution is -2.07. The van der Waals surface area contributed by atoms with E-state index in [9.17, 15) is 4.39 Å². The lowest BCUT2D eigenvalue weighted by molar-refractivity contribution is 0.609. The predicted molar refractivity (Wildman–Crippen MR) is 74.4 cm³/mol. The Hall–Kier alpha value is -1.68. The highest BCUT2D eigenvalue weighted by molar-refractivity contribution is 5.25. The molecule has 0 spiro atoms. The van der Waals surface area contributed by atoms with E-state index in [1.807, 2.05) is 10.7 Å². The van der Waals surface area contributed by atoms with Crippen molar-refractivity contribution in [3.05, 3.63) is 52.6 Å². The summed E-state index contributed by atoms with van der Waals surface area (Å²) in [7, 11) is 0. The minimum Gasteiger partial charge on any atom is -0.326 e. The number of benzene rings is 1. The smallest absolute Gasteiger partial charge is 0.123 e. The van der Waals surface area contributed by atoms with Crippen LogP contribution in [0.15, 0.2) is 24.3 Å². The highest BCUT2D eigenvalue weighted by atomic mass is 19.1. The van der Waals surface area contributed by atoms with Gasteiger partial charge in [0.2, 0.25) is 0 Å². The molecule has 0 amide bonds. The Labute approximate surface area is 113 Å². The lowest BCUT2D eigenvalue weighted by atomic mass is 10.1. The van der Waals surface area contributed by atoms with Gasteiger partial charge in [0, 0.05) is 12.2 Å². The van der Waals surface area contributed by atoms with Gasteiger partial charge in [-0.15, -0.1) is 0 Å². The zero-order valence-electron chi connectivity index (χ0n) is 11.5. The molecule has 0 unspecified atom stereocenters. The van der Waals surface area contributed by atoms with E-state index in [4.69, 9.17) is 5.73 Å². The molecule has 4 heteroatoms. The first-order chi connectivity index (χ1) is 9.16. The van der Waals surface area contributed by atoms with E-state index in [2.05, 4.69) is 25.0 Å². The van der Waals surface area contributed by atoms with Crippen LogP contribution >= 0.6 is 0 Å². The number of nitrogens with two attached hydrogens (primary N) is 1. The van der Waals surface area contributed by atoms with E-state index in [1.165, 1.54) is 11.8 Å². The van der Waals surface area contributed by atoms with E-state index in [1.54, 1.807) is 6.07 Å². The first kappa shape index (κ1) is 13.7. The van der Waals surface area contributed by atoms with Crippen LogP contribution in [0.5, 0.6) is 0 Å². The summed E-state index contributed by atoms with van der Waals surface area (Å²) in [5.41, 5.74) is 9.55. The summed E-state index contributed by atoms with van der Waals surface area (Å²) in [4.78, 5) is 0. The Kier molecular flexibility index (Phi) is 4.32. The van der Waals surface area contributed by atoms with Crippen molar-refractivity contribution in [1.29, 1.82) is 0 Å². The van der Waals surface area contributed by atoms with Gasteiger partial charge in [0.05, 0.1) is 12.2 Å². The summed E-state index contributed by atoms with van der Waals surface area (Å²) in [5, 5.41) is 4.54. The first-order valence-electron chi connectivity index (χ1n) is 6.70. The van der Waals surface area contributed by atoms with Crippen LogP contribution in [0.4, 0.5) is 4.39 Å². The van der Waals surface area contributed by atoms with Crippen molar-refractivity contribution in [3.63, 3.8) is 0 Å². The topological polar surface area (TPSA) is 43.8 Å². The Morgan fingerprint density at radius 2 is 1.84 bits per heavy atom. The maximum Gasteiger partial charge on any atom is 0.123 e. The van der Waals surface area contributed by atoms with Gasteiger partial charge >= 0.3 is 0 Å². The van der Waals surface area contributed by atoms with Gasteiger partial charge in [-0.1, -0.05) is 19.9 Å². The lowest BCUT2D eigenvalue weighted by Gasteiger charge is -2.08. The van der Waals surface area contributed by atoms with Gasteiger partial charge in [-0.05, 0) is 42.2 Å². The molecule has 102 valence electrons. The van der Waals surface area contributed by atoms with Crippen molar-refractivity contribution in [1.82, 2.24) is 9.78 Å². The van der Waals surface area contributed by atoms with Crippen LogP contribution in [-0.4, -0.2) is 9.78 Å². The SMILES string of the molecule is CCc1cc(CC)n(Cc2cc(F)cc(CN)c2)n1. The van der Waals surface area contributed by atoms with Crippen molar-refractivity contribution in [2.75, 3.05) is 0 Å². The number of hydrogen-bond acceptors (Lipinski definition) is 2. The van der Waals surface area contributed by atoms with Gasteiger partial charge in [-0.25, -0.2) is 4.39 Å². The van der Waals surface area contributed by atoms with Crippen LogP contribution in [0.1, 0.15) is 36.4 Å². The Balaban J connectivity index is 2.29. The molecular formula is C15H20FN3. The van der Waals surface area contributed by atoms with Crippen LogP contribution < -0.4 is 5.73 Å². The molecule has 0 aliphatic heterocycles. The fourth-order valence-electron chi connectivity index (χ4n) is 2.21. The standard InChI is InChI=1S/C15H20FN3/c1-3-14-8-15(4-2)19(18-14)10-12-5-11(9-17)6-13(16)7-12/h5-8H,3-4,9-10,17H2,1-2H3. The third-order valence-electron chi connectivity index (χ3n) is 3.22. The first-order valence-corrected chi connectivity index (χ1v) is 6.70. The average Bonchev–Trinajstić information content (AvgIpc) is 2.80. The minimum absolute atomic E-state index is 0.237. The molecule has 3 nitrogen and oxygen atoms in total. The summed E-state index contributed by atoms with van der Waals surface area (Å²) in [6, 6.07) is 7.08. The molecule has 0 aliphatic rings. The number of aromatic nitrogens is 2. The summed E-state index contributed by atoms with van der Waals surface area (Å²) < 4.78 is 15.4. The molecule has 0 atom stereocenters. The van der Waals surface area contributed by atoms with E-state index in [0.29, 0.717) is 13.1 Å². The molecule has 0 aliphatic carbocycles. The molecule has 2 rings (SSSR count). The summed E-state index contributed by atoms with van der Waals surface area (Å²) in [6.45, 7) is 5.13. The van der Waals surface area contributed by atoms with Gasteiger partial charge in [0.15, 0.2) is 0 Å². The van der Waals surface area contributed by atoms with Gasteiger partial charge in [-0.2, -0.15) is 5.10 Å². The second-order valence-corrected chi connectivity index (χ2v) is 4.66. The molecule has 0 saturated carbocycles. The third-order valence-corrected chi connectivity index (χ3v) is 3.22. The molecule has 2 N–H and O–H groups in total. The number of nitrogens with zero attached hydrogens (tertiary/aromatic N) is 2. The summed E-state index contributed by atoms with van der Waals surface area (Å²) in [5.74, 6) is -0.237. The van der Waals surface area contributed by atoms with Crippen molar-refractivity contribution in [3.8, 4) is 0 Å². The van der Waals surface area contributed by atoms with Gasteiger partial charge in [-0.3, -0.25) is 4.68 Å². The summed E-state index contributed by atoms with van der Waals surface area (Å²) >= 11 is 0. The maximum atomic E-state index is 13.5. The largest absolute Gasteiger partial charge is 0.326 e. The Morgan fingerprint density at radius 3 is 2.47 bits per heavy atom. The number of halogens is 1. The molecule has 2 aromatic rings. The van der Waals surface area contributed by atoms with Gasteiger partial charge in [0.1, 0.15) is 5.82 Å².